The maximum Gasteiger partial charge on any atom is 0.226 e. The molecule has 2 aliphatic heterocycles. The highest BCUT2D eigenvalue weighted by Gasteiger charge is 2.37. The Morgan fingerprint density at radius 2 is 2.21 bits per heavy atom. The van der Waals surface area contributed by atoms with Crippen LogP contribution in [0.1, 0.15) is 25.7 Å². The topological polar surface area (TPSA) is 32.3 Å². The number of fused-ring (bicyclic) bond motifs is 2. The van der Waals surface area contributed by atoms with Crippen molar-refractivity contribution < 1.29 is 4.79 Å². The molecule has 0 saturated carbocycles. The number of amides is 1. The quantitative estimate of drug-likeness (QED) is 0.663. The SMILES string of the molecule is C=CCC(=O)N1[C@H]2CCNC[C@@H]1CC2. The Morgan fingerprint density at radius 3 is 3.00 bits per heavy atom. The number of nitrogens with one attached hydrogen (secondary N) is 1. The van der Waals surface area contributed by atoms with Crippen molar-refractivity contribution in [3.8, 4) is 0 Å². The molecule has 0 aliphatic carbocycles. The van der Waals surface area contributed by atoms with Crippen LogP contribution in [0.5, 0.6) is 0 Å². The molecule has 14 heavy (non-hydrogen) atoms. The van der Waals surface area contributed by atoms with E-state index in [-0.39, 0.29) is 5.91 Å². The molecule has 2 atom stereocenters. The molecule has 2 heterocycles. The van der Waals surface area contributed by atoms with Gasteiger partial charge in [0.25, 0.3) is 0 Å². The summed E-state index contributed by atoms with van der Waals surface area (Å²) < 4.78 is 0. The lowest BCUT2D eigenvalue weighted by Crippen LogP contribution is -2.42. The molecule has 2 rings (SSSR count). The Bertz CT molecular complexity index is 225. The van der Waals surface area contributed by atoms with Gasteiger partial charge in [-0.25, -0.2) is 0 Å². The van der Waals surface area contributed by atoms with Crippen LogP contribution >= 0.6 is 0 Å². The van der Waals surface area contributed by atoms with Crippen molar-refractivity contribution in [2.75, 3.05) is 13.1 Å². The first-order valence-electron chi connectivity index (χ1n) is 5.45. The van der Waals surface area contributed by atoms with Gasteiger partial charge in [-0.05, 0) is 25.8 Å². The maximum atomic E-state index is 11.8. The number of nitrogens with zero attached hydrogens (tertiary/aromatic N) is 1. The van der Waals surface area contributed by atoms with Crippen LogP contribution in [0.15, 0.2) is 12.7 Å². The summed E-state index contributed by atoms with van der Waals surface area (Å²) >= 11 is 0. The highest BCUT2D eigenvalue weighted by Crippen LogP contribution is 2.28. The molecule has 1 amide bonds. The summed E-state index contributed by atoms with van der Waals surface area (Å²) in [7, 11) is 0. The molecule has 0 aromatic rings. The first-order valence-corrected chi connectivity index (χ1v) is 5.45. The van der Waals surface area contributed by atoms with E-state index in [1.165, 1.54) is 12.8 Å². The second-order valence-electron chi connectivity index (χ2n) is 4.17. The van der Waals surface area contributed by atoms with Crippen molar-refractivity contribution in [2.45, 2.75) is 37.8 Å². The Balaban J connectivity index is 2.08. The van der Waals surface area contributed by atoms with E-state index in [0.29, 0.717) is 18.5 Å². The van der Waals surface area contributed by atoms with Gasteiger partial charge < -0.3 is 10.2 Å². The molecule has 0 aromatic carbocycles. The molecule has 0 spiro atoms. The predicted octanol–water partition coefficient (Wildman–Crippen LogP) is 0.915. The van der Waals surface area contributed by atoms with Gasteiger partial charge in [-0.2, -0.15) is 0 Å². The summed E-state index contributed by atoms with van der Waals surface area (Å²) in [5.74, 6) is 0.260. The zero-order chi connectivity index (χ0) is 9.97. The molecule has 0 unspecified atom stereocenters. The number of hydrogen-bond donors (Lipinski definition) is 1. The average molecular weight is 194 g/mol. The van der Waals surface area contributed by atoms with Crippen LogP contribution in [0.4, 0.5) is 0 Å². The minimum absolute atomic E-state index is 0.260. The van der Waals surface area contributed by atoms with E-state index in [4.69, 9.17) is 0 Å². The fraction of sp³-hybridized carbons (Fsp3) is 0.727. The van der Waals surface area contributed by atoms with Crippen LogP contribution in [-0.2, 0) is 4.79 Å². The van der Waals surface area contributed by atoms with Crippen LogP contribution in [0, 0.1) is 0 Å². The highest BCUT2D eigenvalue weighted by molar-refractivity contribution is 5.78. The molecule has 2 fully saturated rings. The number of hydrogen-bond acceptors (Lipinski definition) is 2. The zero-order valence-electron chi connectivity index (χ0n) is 8.54. The summed E-state index contributed by atoms with van der Waals surface area (Å²) in [4.78, 5) is 13.9. The fourth-order valence-corrected chi connectivity index (χ4v) is 2.62. The molecule has 1 N–H and O–H groups in total. The van der Waals surface area contributed by atoms with Gasteiger partial charge in [0.1, 0.15) is 0 Å². The van der Waals surface area contributed by atoms with E-state index >= 15 is 0 Å². The molecule has 2 bridgehead atoms. The van der Waals surface area contributed by atoms with Gasteiger partial charge in [-0.15, -0.1) is 6.58 Å². The number of carbonyl (C=O) groups is 1. The van der Waals surface area contributed by atoms with Crippen molar-refractivity contribution in [3.05, 3.63) is 12.7 Å². The first-order chi connectivity index (χ1) is 6.83. The number of carbonyl (C=O) groups excluding carboxylic acids is 1. The van der Waals surface area contributed by atoms with Gasteiger partial charge in [0, 0.05) is 25.0 Å². The molecule has 0 radical (unpaired) electrons. The van der Waals surface area contributed by atoms with Crippen LogP contribution < -0.4 is 5.32 Å². The lowest BCUT2D eigenvalue weighted by molar-refractivity contribution is -0.132. The molecular formula is C11H18N2O. The Morgan fingerprint density at radius 1 is 1.43 bits per heavy atom. The number of rotatable bonds is 2. The smallest absolute Gasteiger partial charge is 0.226 e. The largest absolute Gasteiger partial charge is 0.335 e. The molecule has 2 aliphatic rings. The van der Waals surface area contributed by atoms with Crippen molar-refractivity contribution >= 4 is 5.91 Å². The lowest BCUT2D eigenvalue weighted by atomic mass is 10.1. The lowest BCUT2D eigenvalue weighted by Gasteiger charge is -2.27. The normalized spacial score (nSPS) is 31.3. The minimum atomic E-state index is 0.260. The van der Waals surface area contributed by atoms with Gasteiger partial charge in [0.2, 0.25) is 5.91 Å². The van der Waals surface area contributed by atoms with Gasteiger partial charge in [0.15, 0.2) is 0 Å². The fourth-order valence-electron chi connectivity index (χ4n) is 2.62. The molecule has 0 aromatic heterocycles. The van der Waals surface area contributed by atoms with E-state index in [9.17, 15) is 4.79 Å². The third kappa shape index (κ3) is 1.69. The molecular weight excluding hydrogens is 176 g/mol. The second-order valence-corrected chi connectivity index (χ2v) is 4.17. The summed E-state index contributed by atoms with van der Waals surface area (Å²) in [6, 6.07) is 0.928. The van der Waals surface area contributed by atoms with Crippen molar-refractivity contribution in [1.29, 1.82) is 0 Å². The van der Waals surface area contributed by atoms with Crippen molar-refractivity contribution in [1.82, 2.24) is 10.2 Å². The second kappa shape index (κ2) is 4.13. The summed E-state index contributed by atoms with van der Waals surface area (Å²) in [6.07, 6.45) is 5.67. The maximum absolute atomic E-state index is 11.8. The van der Waals surface area contributed by atoms with Gasteiger partial charge in [-0.1, -0.05) is 6.08 Å². The van der Waals surface area contributed by atoms with Crippen LogP contribution in [-0.4, -0.2) is 36.0 Å². The summed E-state index contributed by atoms with van der Waals surface area (Å²) in [6.45, 7) is 5.65. The highest BCUT2D eigenvalue weighted by atomic mass is 16.2. The Kier molecular flexibility index (Phi) is 2.87. The standard InChI is InChI=1S/C11H18N2O/c1-2-3-11(14)13-9-4-5-10(13)8-12-7-6-9/h2,9-10,12H,1,3-8H2/t9-,10+/m1/s1. The average Bonchev–Trinajstić information content (AvgIpc) is 2.40. The van der Waals surface area contributed by atoms with Gasteiger partial charge in [-0.3, -0.25) is 4.79 Å². The predicted molar refractivity (Wildman–Crippen MR) is 56.0 cm³/mol. The van der Waals surface area contributed by atoms with E-state index in [1.54, 1.807) is 6.08 Å². The van der Waals surface area contributed by atoms with E-state index in [2.05, 4.69) is 16.8 Å². The van der Waals surface area contributed by atoms with Crippen LogP contribution in [0.2, 0.25) is 0 Å². The van der Waals surface area contributed by atoms with Crippen molar-refractivity contribution in [3.63, 3.8) is 0 Å². The van der Waals surface area contributed by atoms with Crippen LogP contribution in [0.25, 0.3) is 0 Å². The molecule has 3 nitrogen and oxygen atoms in total. The van der Waals surface area contributed by atoms with Crippen LogP contribution in [0.3, 0.4) is 0 Å². The van der Waals surface area contributed by atoms with Gasteiger partial charge in [0.05, 0.1) is 0 Å². The summed E-state index contributed by atoms with van der Waals surface area (Å²) in [5, 5.41) is 3.39. The summed E-state index contributed by atoms with van der Waals surface area (Å²) in [5.41, 5.74) is 0. The van der Waals surface area contributed by atoms with Gasteiger partial charge >= 0.3 is 0 Å². The molecule has 78 valence electrons. The monoisotopic (exact) mass is 194 g/mol. The third-order valence-electron chi connectivity index (χ3n) is 3.26. The van der Waals surface area contributed by atoms with E-state index in [0.717, 1.165) is 19.5 Å². The zero-order valence-corrected chi connectivity index (χ0v) is 8.54. The molecule has 3 heteroatoms. The molecule has 2 saturated heterocycles. The first kappa shape index (κ1) is 9.71. The minimum Gasteiger partial charge on any atom is -0.335 e. The van der Waals surface area contributed by atoms with E-state index < -0.39 is 0 Å². The Hall–Kier alpha value is -0.830. The third-order valence-corrected chi connectivity index (χ3v) is 3.26. The Labute approximate surface area is 85.2 Å². The van der Waals surface area contributed by atoms with E-state index in [1.807, 2.05) is 0 Å². The van der Waals surface area contributed by atoms with Crippen molar-refractivity contribution in [2.24, 2.45) is 0 Å².